The molecule has 2 atom stereocenters. The van der Waals surface area contributed by atoms with Gasteiger partial charge in [-0.1, -0.05) is 148 Å². The average Bonchev–Trinajstić information content (AvgIpc) is 3.15. The molecule has 0 spiro atoms. The van der Waals surface area contributed by atoms with Crippen LogP contribution in [0.1, 0.15) is 123 Å². The third-order valence-electron chi connectivity index (χ3n) is 7.58. The summed E-state index contributed by atoms with van der Waals surface area (Å²) in [5.41, 5.74) is 0. The van der Waals surface area contributed by atoms with Gasteiger partial charge in [0.1, 0.15) is 6.61 Å². The maximum absolute atomic E-state index is 12.4. The van der Waals surface area contributed by atoms with Crippen LogP contribution in [0.3, 0.4) is 0 Å². The Morgan fingerprint density at radius 1 is 0.582 bits per heavy atom. The van der Waals surface area contributed by atoms with Gasteiger partial charge in [-0.3, -0.25) is 14.1 Å². The fourth-order valence-corrected chi connectivity index (χ4v) is 4.95. The molecule has 0 bridgehead atoms. The number of allylic oxidation sites excluding steroid dienone is 19. The smallest absolute Gasteiger partial charge is 0.462 e. The van der Waals surface area contributed by atoms with Crippen LogP contribution < -0.4 is 0 Å². The van der Waals surface area contributed by atoms with Gasteiger partial charge in [-0.2, -0.15) is 0 Å². The zero-order chi connectivity index (χ0) is 40.5. The molecular formula is C45H69O9P. The molecule has 308 valence electrons. The van der Waals surface area contributed by atoms with Gasteiger partial charge in [0.25, 0.3) is 0 Å². The van der Waals surface area contributed by atoms with Crippen molar-refractivity contribution in [3.63, 3.8) is 0 Å². The Bertz CT molecular complexity index is 1310. The molecule has 1 unspecified atom stereocenters. The summed E-state index contributed by atoms with van der Waals surface area (Å²) < 4.78 is 26.1. The number of unbranched alkanes of at least 4 members (excludes halogenated alkanes) is 4. The van der Waals surface area contributed by atoms with E-state index in [4.69, 9.17) is 19.3 Å². The van der Waals surface area contributed by atoms with Crippen LogP contribution in [0.5, 0.6) is 0 Å². The molecule has 0 aromatic heterocycles. The van der Waals surface area contributed by atoms with E-state index in [1.807, 2.05) is 24.3 Å². The van der Waals surface area contributed by atoms with Crippen LogP contribution in [0.25, 0.3) is 0 Å². The van der Waals surface area contributed by atoms with E-state index >= 15 is 0 Å². The predicted octanol–water partition coefficient (Wildman–Crippen LogP) is 11.1. The highest BCUT2D eigenvalue weighted by Gasteiger charge is 2.23. The fourth-order valence-electron chi connectivity index (χ4n) is 4.59. The van der Waals surface area contributed by atoms with Gasteiger partial charge in [0.05, 0.1) is 12.7 Å². The van der Waals surface area contributed by atoms with Crippen molar-refractivity contribution >= 4 is 19.8 Å². The Kier molecular flexibility index (Phi) is 36.2. The summed E-state index contributed by atoms with van der Waals surface area (Å²) in [6.07, 6.45) is 52.5. The zero-order valence-corrected chi connectivity index (χ0v) is 34.3. The lowest BCUT2D eigenvalue weighted by atomic mass is 10.2. The van der Waals surface area contributed by atoms with E-state index in [1.54, 1.807) is 12.2 Å². The molecule has 0 saturated carbocycles. The Balaban J connectivity index is 4.31. The quantitative estimate of drug-likeness (QED) is 0.0191. The first-order chi connectivity index (χ1) is 26.7. The van der Waals surface area contributed by atoms with Gasteiger partial charge in [-0.25, -0.2) is 4.57 Å². The van der Waals surface area contributed by atoms with Gasteiger partial charge in [-0.15, -0.1) is 0 Å². The molecule has 0 rings (SSSR count). The van der Waals surface area contributed by atoms with E-state index in [9.17, 15) is 19.3 Å². The number of aliphatic hydroxyl groups is 1. The average molecular weight is 785 g/mol. The van der Waals surface area contributed by atoms with E-state index in [2.05, 4.69) is 103 Å². The number of carbonyl (C=O) groups is 2. The van der Waals surface area contributed by atoms with Crippen molar-refractivity contribution in [3.8, 4) is 0 Å². The number of rotatable bonds is 34. The second-order valence-corrected chi connectivity index (χ2v) is 14.0. The Labute approximate surface area is 331 Å². The van der Waals surface area contributed by atoms with Gasteiger partial charge in [0.2, 0.25) is 0 Å². The largest absolute Gasteiger partial charge is 0.469 e. The maximum atomic E-state index is 12.4. The number of phosphoric ester groups is 1. The summed E-state index contributed by atoms with van der Waals surface area (Å²) in [4.78, 5) is 42.8. The molecule has 0 heterocycles. The lowest BCUT2D eigenvalue weighted by molar-refractivity contribution is -0.161. The molecule has 9 nitrogen and oxygen atoms in total. The number of aliphatic hydroxyl groups excluding tert-OH is 1. The molecule has 0 aliphatic heterocycles. The van der Waals surface area contributed by atoms with Gasteiger partial charge < -0.3 is 24.4 Å². The molecule has 55 heavy (non-hydrogen) atoms. The minimum Gasteiger partial charge on any atom is -0.462 e. The normalized spacial score (nSPS) is 14.3. The lowest BCUT2D eigenvalue weighted by Crippen LogP contribution is -2.29. The van der Waals surface area contributed by atoms with E-state index < -0.39 is 45.2 Å². The monoisotopic (exact) mass is 784 g/mol. The zero-order valence-electron chi connectivity index (χ0n) is 33.4. The van der Waals surface area contributed by atoms with Crippen LogP contribution in [0, 0.1) is 0 Å². The minimum absolute atomic E-state index is 0.0782. The summed E-state index contributed by atoms with van der Waals surface area (Å²) in [6.45, 7) is 3.26. The second kappa shape index (κ2) is 38.7. The van der Waals surface area contributed by atoms with Crippen molar-refractivity contribution in [1.29, 1.82) is 0 Å². The van der Waals surface area contributed by atoms with Gasteiger partial charge in [0, 0.05) is 12.8 Å². The van der Waals surface area contributed by atoms with Crippen LogP contribution in [0.15, 0.2) is 122 Å². The van der Waals surface area contributed by atoms with E-state index in [0.717, 1.165) is 57.8 Å². The van der Waals surface area contributed by atoms with Crippen molar-refractivity contribution in [1.82, 2.24) is 0 Å². The van der Waals surface area contributed by atoms with Crippen LogP contribution in [-0.4, -0.2) is 52.3 Å². The number of carbonyl (C=O) groups excluding carboxylic acids is 2. The van der Waals surface area contributed by atoms with E-state index in [-0.39, 0.29) is 19.3 Å². The summed E-state index contributed by atoms with van der Waals surface area (Å²) >= 11 is 0. The number of phosphoric acid groups is 1. The van der Waals surface area contributed by atoms with Gasteiger partial charge in [-0.05, 0) is 83.5 Å². The first-order valence-corrected chi connectivity index (χ1v) is 21.5. The highest BCUT2D eigenvalue weighted by molar-refractivity contribution is 7.46. The van der Waals surface area contributed by atoms with E-state index in [0.29, 0.717) is 12.8 Å². The molecule has 0 aliphatic rings. The molecule has 0 saturated heterocycles. The molecule has 0 radical (unpaired) electrons. The molecule has 10 heteroatoms. The molecule has 0 aromatic carbocycles. The number of hydrogen-bond donors (Lipinski definition) is 3. The van der Waals surface area contributed by atoms with Crippen molar-refractivity contribution < 1.29 is 43.0 Å². The van der Waals surface area contributed by atoms with Crippen molar-refractivity contribution in [3.05, 3.63) is 122 Å². The molecule has 0 fully saturated rings. The predicted molar refractivity (Wildman–Crippen MR) is 226 cm³/mol. The lowest BCUT2D eigenvalue weighted by Gasteiger charge is -2.18. The van der Waals surface area contributed by atoms with Crippen LogP contribution in [0.4, 0.5) is 0 Å². The van der Waals surface area contributed by atoms with Crippen LogP contribution in [0.2, 0.25) is 0 Å². The maximum Gasteiger partial charge on any atom is 0.469 e. The Morgan fingerprint density at radius 3 is 1.58 bits per heavy atom. The Hall–Kier alpha value is -3.59. The second-order valence-electron chi connectivity index (χ2n) is 12.7. The topological polar surface area (TPSA) is 140 Å². The number of esters is 2. The molecular weight excluding hydrogens is 715 g/mol. The minimum atomic E-state index is -4.83. The van der Waals surface area contributed by atoms with Crippen molar-refractivity contribution in [2.75, 3.05) is 13.2 Å². The van der Waals surface area contributed by atoms with Crippen molar-refractivity contribution in [2.24, 2.45) is 0 Å². The number of ether oxygens (including phenoxy) is 2. The summed E-state index contributed by atoms with van der Waals surface area (Å²) in [7, 11) is -4.83. The first-order valence-electron chi connectivity index (χ1n) is 19.9. The van der Waals surface area contributed by atoms with Gasteiger partial charge in [0.15, 0.2) is 6.10 Å². The molecule has 3 N–H and O–H groups in total. The number of hydrogen-bond acceptors (Lipinski definition) is 7. The van der Waals surface area contributed by atoms with E-state index in [1.165, 1.54) is 19.3 Å². The van der Waals surface area contributed by atoms with Gasteiger partial charge >= 0.3 is 19.8 Å². The van der Waals surface area contributed by atoms with Crippen LogP contribution >= 0.6 is 7.82 Å². The fraction of sp³-hybridized carbons (Fsp3) is 0.511. The highest BCUT2D eigenvalue weighted by atomic mass is 31.2. The highest BCUT2D eigenvalue weighted by Crippen LogP contribution is 2.35. The third-order valence-corrected chi connectivity index (χ3v) is 8.07. The van der Waals surface area contributed by atoms with Crippen molar-refractivity contribution in [2.45, 2.75) is 135 Å². The Morgan fingerprint density at radius 2 is 1.07 bits per heavy atom. The summed E-state index contributed by atoms with van der Waals surface area (Å²) in [5, 5.41) is 10.2. The SMILES string of the molecule is CC/C=C\C/C=C\C/C=C\C/C=C\C/C=C\C=C/C(O)CCC(=O)OC[C@H](COP(=O)(O)O)OC(=O)CCC/C=C\C/C=C\C/C=C\C/C=C\CCCCC. The molecule has 0 amide bonds. The molecule has 0 aliphatic carbocycles. The molecule has 0 aromatic rings. The first kappa shape index (κ1) is 51.4. The summed E-state index contributed by atoms with van der Waals surface area (Å²) in [5.74, 6) is -1.25. The summed E-state index contributed by atoms with van der Waals surface area (Å²) in [6, 6.07) is 0. The third kappa shape index (κ3) is 41.4. The standard InChI is InChI=1S/C45H69O9P/c1-3-5-7-9-11-13-15-17-19-21-23-25-27-29-31-33-35-37-45(48)54-43(41-53-55(49,50)51)40-52-44(47)39-38-42(46)36-34-32-30-28-26-24-22-20-18-16-14-12-10-8-6-4-2/h6,8,11-14,17-20,23-26,29-32,34,36,42-43,46H,3-5,7,9-10,15-16,21-22,27-28,33,35,37-41H2,1-2H3,(H2,49,50,51)/b8-6-,13-11-,14-12-,19-17-,20-18-,25-23-,26-24-,31-29-,32-30-,36-34-/t42?,43-/m1/s1. The van der Waals surface area contributed by atoms with Crippen LogP contribution in [-0.2, 0) is 28.2 Å².